The molecule has 0 aliphatic carbocycles. The molecule has 94 valence electrons. The van der Waals surface area contributed by atoms with Crippen molar-refractivity contribution in [3.63, 3.8) is 0 Å². The van der Waals surface area contributed by atoms with E-state index in [0.29, 0.717) is 11.3 Å². The van der Waals surface area contributed by atoms with Gasteiger partial charge in [0.15, 0.2) is 0 Å². The third kappa shape index (κ3) is 2.68. The lowest BCUT2D eigenvalue weighted by atomic mass is 10.1. The topological polar surface area (TPSA) is 46.9 Å². The van der Waals surface area contributed by atoms with Gasteiger partial charge in [0.1, 0.15) is 11.7 Å². The molecular weight excluding hydrogens is 257 g/mol. The van der Waals surface area contributed by atoms with Crippen LogP contribution >= 0.6 is 11.6 Å². The molecule has 2 rings (SSSR count). The molecule has 6 heteroatoms. The monoisotopic (exact) mass is 267 g/mol. The van der Waals surface area contributed by atoms with Crippen LogP contribution in [-0.4, -0.2) is 21.6 Å². The number of carbonyl (C=O) groups is 1. The standard InChI is InChI=1S/C12H11ClFN3O/c13-7-12(18)15-8-9-10(14)3-1-4-11(9)17-6-2-5-16-17/h1-6H,7-8H2,(H,15,18). The summed E-state index contributed by atoms with van der Waals surface area (Å²) in [5.74, 6) is -0.879. The number of halogens is 2. The minimum absolute atomic E-state index is 0.0768. The lowest BCUT2D eigenvalue weighted by Crippen LogP contribution is -2.25. The van der Waals surface area contributed by atoms with Gasteiger partial charge in [-0.3, -0.25) is 4.79 Å². The lowest BCUT2D eigenvalue weighted by Gasteiger charge is -2.11. The SMILES string of the molecule is O=C(CCl)NCc1c(F)cccc1-n1cccn1. The van der Waals surface area contributed by atoms with E-state index in [1.54, 1.807) is 35.3 Å². The van der Waals surface area contributed by atoms with Gasteiger partial charge in [-0.25, -0.2) is 9.07 Å². The van der Waals surface area contributed by atoms with E-state index in [9.17, 15) is 9.18 Å². The van der Waals surface area contributed by atoms with E-state index in [0.717, 1.165) is 0 Å². The van der Waals surface area contributed by atoms with Crippen molar-refractivity contribution in [3.8, 4) is 5.69 Å². The molecular formula is C12H11ClFN3O. The zero-order valence-corrected chi connectivity index (χ0v) is 10.2. The van der Waals surface area contributed by atoms with Crippen molar-refractivity contribution in [2.45, 2.75) is 6.54 Å². The normalized spacial score (nSPS) is 10.3. The summed E-state index contributed by atoms with van der Waals surface area (Å²) >= 11 is 5.37. The summed E-state index contributed by atoms with van der Waals surface area (Å²) in [6.45, 7) is 0.0768. The number of hydrogen-bond donors (Lipinski definition) is 1. The van der Waals surface area contributed by atoms with Gasteiger partial charge in [0, 0.05) is 24.5 Å². The minimum Gasteiger partial charge on any atom is -0.351 e. The van der Waals surface area contributed by atoms with Crippen LogP contribution in [-0.2, 0) is 11.3 Å². The highest BCUT2D eigenvalue weighted by atomic mass is 35.5. The zero-order chi connectivity index (χ0) is 13.0. The van der Waals surface area contributed by atoms with Crippen molar-refractivity contribution >= 4 is 17.5 Å². The first kappa shape index (κ1) is 12.6. The fourth-order valence-corrected chi connectivity index (χ4v) is 1.68. The maximum Gasteiger partial charge on any atom is 0.235 e. The molecule has 1 aromatic heterocycles. The van der Waals surface area contributed by atoms with Crippen LogP contribution in [0.2, 0.25) is 0 Å². The summed E-state index contributed by atoms with van der Waals surface area (Å²) < 4.78 is 15.3. The number of nitrogens with zero attached hydrogens (tertiary/aromatic N) is 2. The molecule has 1 amide bonds. The van der Waals surface area contributed by atoms with Gasteiger partial charge in [0.05, 0.1) is 5.69 Å². The van der Waals surface area contributed by atoms with Crippen LogP contribution in [0.1, 0.15) is 5.56 Å². The quantitative estimate of drug-likeness (QED) is 0.860. The van der Waals surface area contributed by atoms with Crippen LogP contribution in [0.25, 0.3) is 5.69 Å². The third-order valence-corrected chi connectivity index (χ3v) is 2.67. The Labute approximate surface area is 108 Å². The van der Waals surface area contributed by atoms with Crippen LogP contribution < -0.4 is 5.32 Å². The van der Waals surface area contributed by atoms with Crippen molar-refractivity contribution in [2.24, 2.45) is 0 Å². The highest BCUT2D eigenvalue weighted by Gasteiger charge is 2.11. The molecule has 1 N–H and O–H groups in total. The van der Waals surface area contributed by atoms with Gasteiger partial charge in [-0.15, -0.1) is 11.6 Å². The maximum atomic E-state index is 13.8. The number of aromatic nitrogens is 2. The molecule has 4 nitrogen and oxygen atoms in total. The first-order chi connectivity index (χ1) is 8.72. The Bertz CT molecular complexity index is 542. The molecule has 18 heavy (non-hydrogen) atoms. The number of alkyl halides is 1. The van der Waals surface area contributed by atoms with Crippen LogP contribution in [0.15, 0.2) is 36.7 Å². The van der Waals surface area contributed by atoms with E-state index in [1.165, 1.54) is 6.07 Å². The summed E-state index contributed by atoms with van der Waals surface area (Å²) in [7, 11) is 0. The molecule has 0 unspecified atom stereocenters. The van der Waals surface area contributed by atoms with E-state index < -0.39 is 5.82 Å². The molecule has 1 aromatic carbocycles. The smallest absolute Gasteiger partial charge is 0.235 e. The predicted molar refractivity (Wildman–Crippen MR) is 66.1 cm³/mol. The van der Waals surface area contributed by atoms with Crippen molar-refractivity contribution in [1.82, 2.24) is 15.1 Å². The van der Waals surface area contributed by atoms with Gasteiger partial charge < -0.3 is 5.32 Å². The largest absolute Gasteiger partial charge is 0.351 e. The molecule has 0 aliphatic heterocycles. The van der Waals surface area contributed by atoms with Gasteiger partial charge in [0.2, 0.25) is 5.91 Å². The Kier molecular flexibility index (Phi) is 3.94. The molecule has 0 spiro atoms. The predicted octanol–water partition coefficient (Wildman–Crippen LogP) is 1.87. The average molecular weight is 268 g/mol. The van der Waals surface area contributed by atoms with E-state index in [-0.39, 0.29) is 18.3 Å². The van der Waals surface area contributed by atoms with Crippen LogP contribution in [0, 0.1) is 5.82 Å². The molecule has 0 saturated heterocycles. The van der Waals surface area contributed by atoms with Crippen LogP contribution in [0.3, 0.4) is 0 Å². The number of nitrogens with one attached hydrogen (secondary N) is 1. The van der Waals surface area contributed by atoms with E-state index in [2.05, 4.69) is 10.4 Å². The van der Waals surface area contributed by atoms with E-state index in [1.807, 2.05) is 0 Å². The lowest BCUT2D eigenvalue weighted by molar-refractivity contribution is -0.118. The highest BCUT2D eigenvalue weighted by Crippen LogP contribution is 2.17. The van der Waals surface area contributed by atoms with Crippen molar-refractivity contribution in [1.29, 1.82) is 0 Å². The summed E-state index contributed by atoms with van der Waals surface area (Å²) in [5, 5.41) is 6.59. The second kappa shape index (κ2) is 5.64. The summed E-state index contributed by atoms with van der Waals surface area (Å²) in [4.78, 5) is 11.1. The van der Waals surface area contributed by atoms with Crippen molar-refractivity contribution in [3.05, 3.63) is 48.0 Å². The Morgan fingerprint density at radius 3 is 2.94 bits per heavy atom. The number of hydrogen-bond acceptors (Lipinski definition) is 2. The zero-order valence-electron chi connectivity index (χ0n) is 9.44. The van der Waals surface area contributed by atoms with Gasteiger partial charge in [-0.1, -0.05) is 6.07 Å². The second-order valence-corrected chi connectivity index (χ2v) is 3.87. The molecule has 0 bridgehead atoms. The van der Waals surface area contributed by atoms with Crippen LogP contribution in [0.4, 0.5) is 4.39 Å². The number of amides is 1. The number of rotatable bonds is 4. The fraction of sp³-hybridized carbons (Fsp3) is 0.167. The third-order valence-electron chi connectivity index (χ3n) is 2.43. The van der Waals surface area contributed by atoms with Gasteiger partial charge in [-0.05, 0) is 18.2 Å². The van der Waals surface area contributed by atoms with Gasteiger partial charge in [-0.2, -0.15) is 5.10 Å². The molecule has 2 aromatic rings. The first-order valence-corrected chi connectivity index (χ1v) is 5.86. The van der Waals surface area contributed by atoms with Crippen molar-refractivity contribution in [2.75, 3.05) is 5.88 Å². The summed E-state index contributed by atoms with van der Waals surface area (Å²) in [6, 6.07) is 6.42. The average Bonchev–Trinajstić information content (AvgIpc) is 2.90. The van der Waals surface area contributed by atoms with Gasteiger partial charge in [0.25, 0.3) is 0 Å². The maximum absolute atomic E-state index is 13.8. The molecule has 0 saturated carbocycles. The molecule has 0 atom stereocenters. The first-order valence-electron chi connectivity index (χ1n) is 5.32. The molecule has 0 aliphatic rings. The molecule has 1 heterocycles. The summed E-state index contributed by atoms with van der Waals surface area (Å²) in [5.41, 5.74) is 0.967. The number of carbonyl (C=O) groups excluding carboxylic acids is 1. The van der Waals surface area contributed by atoms with Crippen LogP contribution in [0.5, 0.6) is 0 Å². The highest BCUT2D eigenvalue weighted by molar-refractivity contribution is 6.27. The minimum atomic E-state index is -0.391. The Morgan fingerprint density at radius 2 is 2.28 bits per heavy atom. The number of benzene rings is 1. The molecule has 0 fully saturated rings. The Hall–Kier alpha value is -1.88. The van der Waals surface area contributed by atoms with E-state index >= 15 is 0 Å². The van der Waals surface area contributed by atoms with Crippen molar-refractivity contribution < 1.29 is 9.18 Å². The second-order valence-electron chi connectivity index (χ2n) is 3.60. The fourth-order valence-electron chi connectivity index (χ4n) is 1.58. The summed E-state index contributed by atoms with van der Waals surface area (Å²) in [6.07, 6.45) is 3.31. The molecule has 0 radical (unpaired) electrons. The van der Waals surface area contributed by atoms with Gasteiger partial charge >= 0.3 is 0 Å². The Morgan fingerprint density at radius 1 is 1.44 bits per heavy atom. The Balaban J connectivity index is 2.30. The van der Waals surface area contributed by atoms with E-state index in [4.69, 9.17) is 11.6 Å².